The number of phenols is 2. The summed E-state index contributed by atoms with van der Waals surface area (Å²) >= 11 is 0. The van der Waals surface area contributed by atoms with Crippen molar-refractivity contribution in [2.45, 2.75) is 26.7 Å². The van der Waals surface area contributed by atoms with Gasteiger partial charge in [0.2, 0.25) is 0 Å². The summed E-state index contributed by atoms with van der Waals surface area (Å²) in [7, 11) is 0. The molecular weight excluding hydrogens is 230 g/mol. The number of carbonyl (C=O) groups excluding carboxylic acids is 1. The van der Waals surface area contributed by atoms with Crippen LogP contribution in [0.1, 0.15) is 37.0 Å². The third kappa shape index (κ3) is 2.58. The highest BCUT2D eigenvalue weighted by atomic mass is 16.3. The Morgan fingerprint density at radius 2 is 2.06 bits per heavy atom. The second-order valence-corrected chi connectivity index (χ2v) is 5.70. The van der Waals surface area contributed by atoms with Crippen molar-refractivity contribution in [2.24, 2.45) is 5.41 Å². The van der Waals surface area contributed by atoms with Crippen LogP contribution >= 0.6 is 0 Å². The molecule has 0 bridgehead atoms. The number of nitrogens with zero attached hydrogens (tertiary/aromatic N) is 1. The van der Waals surface area contributed by atoms with E-state index in [1.807, 2.05) is 0 Å². The van der Waals surface area contributed by atoms with Gasteiger partial charge in [0.1, 0.15) is 11.5 Å². The standard InChI is InChI=1S/C14H19NO3/c1-14(2)6-3-7-15(9-14)13(18)11-5-4-10(16)8-12(11)17/h4-5,8,16-17H,3,6-7,9H2,1-2H3. The molecule has 0 spiro atoms. The summed E-state index contributed by atoms with van der Waals surface area (Å²) < 4.78 is 0. The molecule has 2 N–H and O–H groups in total. The maximum atomic E-state index is 12.3. The Bertz CT molecular complexity index is 468. The molecule has 2 rings (SSSR count). The number of amides is 1. The topological polar surface area (TPSA) is 60.8 Å². The summed E-state index contributed by atoms with van der Waals surface area (Å²) in [6.07, 6.45) is 2.09. The summed E-state index contributed by atoms with van der Waals surface area (Å²) in [6, 6.07) is 4.08. The van der Waals surface area contributed by atoms with Gasteiger partial charge >= 0.3 is 0 Å². The van der Waals surface area contributed by atoms with Gasteiger partial charge in [-0.05, 0) is 30.4 Å². The zero-order valence-corrected chi connectivity index (χ0v) is 10.8. The van der Waals surface area contributed by atoms with Crippen LogP contribution in [0.5, 0.6) is 11.5 Å². The largest absolute Gasteiger partial charge is 0.508 e. The Morgan fingerprint density at radius 3 is 2.67 bits per heavy atom. The molecular formula is C14H19NO3. The third-order valence-electron chi connectivity index (χ3n) is 3.40. The monoisotopic (exact) mass is 249 g/mol. The molecule has 1 aliphatic heterocycles. The number of carbonyl (C=O) groups is 1. The molecule has 0 aliphatic carbocycles. The van der Waals surface area contributed by atoms with Crippen LogP contribution in [-0.2, 0) is 0 Å². The molecule has 4 heteroatoms. The summed E-state index contributed by atoms with van der Waals surface area (Å²) in [5.41, 5.74) is 0.381. The van der Waals surface area contributed by atoms with E-state index in [1.165, 1.54) is 18.2 Å². The predicted molar refractivity (Wildman–Crippen MR) is 68.7 cm³/mol. The number of hydrogen-bond acceptors (Lipinski definition) is 3. The minimum Gasteiger partial charge on any atom is -0.508 e. The van der Waals surface area contributed by atoms with E-state index in [9.17, 15) is 15.0 Å². The van der Waals surface area contributed by atoms with Gasteiger partial charge in [-0.15, -0.1) is 0 Å². The fourth-order valence-electron chi connectivity index (χ4n) is 2.47. The first-order chi connectivity index (χ1) is 8.39. The quantitative estimate of drug-likeness (QED) is 0.803. The molecule has 1 aromatic carbocycles. The molecule has 1 amide bonds. The van der Waals surface area contributed by atoms with Crippen molar-refractivity contribution in [1.82, 2.24) is 4.90 Å². The Balaban J connectivity index is 2.20. The van der Waals surface area contributed by atoms with Gasteiger partial charge in [-0.3, -0.25) is 4.79 Å². The highest BCUT2D eigenvalue weighted by Crippen LogP contribution is 2.31. The molecule has 0 unspecified atom stereocenters. The van der Waals surface area contributed by atoms with Gasteiger partial charge in [0.05, 0.1) is 5.56 Å². The summed E-state index contributed by atoms with van der Waals surface area (Å²) in [5, 5.41) is 18.9. The number of hydrogen-bond donors (Lipinski definition) is 2. The van der Waals surface area contributed by atoms with E-state index < -0.39 is 0 Å². The van der Waals surface area contributed by atoms with Gasteiger partial charge in [-0.25, -0.2) is 0 Å². The number of likely N-dealkylation sites (tertiary alicyclic amines) is 1. The molecule has 1 saturated heterocycles. The summed E-state index contributed by atoms with van der Waals surface area (Å²) in [6.45, 7) is 5.71. The van der Waals surface area contributed by atoms with Gasteiger partial charge in [0, 0.05) is 19.2 Å². The van der Waals surface area contributed by atoms with E-state index in [0.29, 0.717) is 6.54 Å². The second kappa shape index (κ2) is 4.52. The van der Waals surface area contributed by atoms with Crippen molar-refractivity contribution in [3.05, 3.63) is 23.8 Å². The summed E-state index contributed by atoms with van der Waals surface area (Å²) in [4.78, 5) is 14.1. The normalized spacial score (nSPS) is 18.7. The third-order valence-corrected chi connectivity index (χ3v) is 3.40. The highest BCUT2D eigenvalue weighted by Gasteiger charge is 2.30. The lowest BCUT2D eigenvalue weighted by atomic mass is 9.84. The van der Waals surface area contributed by atoms with Crippen LogP contribution in [0.2, 0.25) is 0 Å². The van der Waals surface area contributed by atoms with Gasteiger partial charge in [0.25, 0.3) is 5.91 Å². The molecule has 0 radical (unpaired) electrons. The molecule has 0 aromatic heterocycles. The summed E-state index contributed by atoms with van der Waals surface area (Å²) in [5.74, 6) is -0.369. The minimum atomic E-state index is -0.166. The molecule has 18 heavy (non-hydrogen) atoms. The Labute approximate surface area is 107 Å². The maximum Gasteiger partial charge on any atom is 0.257 e. The average molecular weight is 249 g/mol. The van der Waals surface area contributed by atoms with Crippen molar-refractivity contribution in [3.8, 4) is 11.5 Å². The molecule has 1 aliphatic rings. The molecule has 1 aromatic rings. The first kappa shape index (κ1) is 12.7. The lowest BCUT2D eigenvalue weighted by Crippen LogP contribution is -2.43. The molecule has 0 saturated carbocycles. The minimum absolute atomic E-state index is 0.0389. The average Bonchev–Trinajstić information content (AvgIpc) is 2.27. The lowest BCUT2D eigenvalue weighted by molar-refractivity contribution is 0.0580. The van der Waals surface area contributed by atoms with Crippen LogP contribution in [0.4, 0.5) is 0 Å². The van der Waals surface area contributed by atoms with E-state index in [4.69, 9.17) is 0 Å². The number of rotatable bonds is 1. The van der Waals surface area contributed by atoms with Crippen molar-refractivity contribution in [2.75, 3.05) is 13.1 Å². The van der Waals surface area contributed by atoms with E-state index >= 15 is 0 Å². The van der Waals surface area contributed by atoms with Crippen LogP contribution in [0.25, 0.3) is 0 Å². The van der Waals surface area contributed by atoms with Crippen LogP contribution in [0, 0.1) is 5.41 Å². The van der Waals surface area contributed by atoms with Crippen LogP contribution < -0.4 is 0 Å². The zero-order valence-electron chi connectivity index (χ0n) is 10.8. The molecule has 98 valence electrons. The number of benzene rings is 1. The predicted octanol–water partition coefficient (Wildman–Crippen LogP) is 2.36. The molecule has 1 fully saturated rings. The lowest BCUT2D eigenvalue weighted by Gasteiger charge is -2.38. The van der Waals surface area contributed by atoms with Gasteiger partial charge in [-0.2, -0.15) is 0 Å². The van der Waals surface area contributed by atoms with Crippen LogP contribution in [-0.4, -0.2) is 34.1 Å². The van der Waals surface area contributed by atoms with Crippen molar-refractivity contribution >= 4 is 5.91 Å². The first-order valence-corrected chi connectivity index (χ1v) is 6.20. The van der Waals surface area contributed by atoms with E-state index in [-0.39, 0.29) is 28.4 Å². The van der Waals surface area contributed by atoms with Gasteiger partial charge in [-0.1, -0.05) is 13.8 Å². The van der Waals surface area contributed by atoms with Crippen LogP contribution in [0.15, 0.2) is 18.2 Å². The van der Waals surface area contributed by atoms with Crippen molar-refractivity contribution in [1.29, 1.82) is 0 Å². The smallest absolute Gasteiger partial charge is 0.257 e. The molecule has 4 nitrogen and oxygen atoms in total. The molecule has 0 atom stereocenters. The fraction of sp³-hybridized carbons (Fsp3) is 0.500. The van der Waals surface area contributed by atoms with Gasteiger partial charge < -0.3 is 15.1 Å². The number of aromatic hydroxyl groups is 2. The highest BCUT2D eigenvalue weighted by molar-refractivity contribution is 5.97. The zero-order chi connectivity index (χ0) is 13.3. The van der Waals surface area contributed by atoms with Crippen molar-refractivity contribution < 1.29 is 15.0 Å². The Hall–Kier alpha value is -1.71. The van der Waals surface area contributed by atoms with E-state index in [2.05, 4.69) is 13.8 Å². The fourth-order valence-corrected chi connectivity index (χ4v) is 2.47. The second-order valence-electron chi connectivity index (χ2n) is 5.70. The SMILES string of the molecule is CC1(C)CCCN(C(=O)c2ccc(O)cc2O)C1. The van der Waals surface area contributed by atoms with Crippen molar-refractivity contribution in [3.63, 3.8) is 0 Å². The number of piperidine rings is 1. The Kier molecular flexibility index (Phi) is 3.20. The Morgan fingerprint density at radius 1 is 1.33 bits per heavy atom. The van der Waals surface area contributed by atoms with Crippen LogP contribution in [0.3, 0.4) is 0 Å². The maximum absolute atomic E-state index is 12.3. The van der Waals surface area contributed by atoms with E-state index in [0.717, 1.165) is 19.4 Å². The van der Waals surface area contributed by atoms with E-state index in [1.54, 1.807) is 4.90 Å². The number of phenolic OH excluding ortho intramolecular Hbond substituents is 2. The first-order valence-electron chi connectivity index (χ1n) is 6.20. The van der Waals surface area contributed by atoms with Gasteiger partial charge in [0.15, 0.2) is 0 Å². The molecule has 1 heterocycles.